The molecule has 0 atom stereocenters. The first kappa shape index (κ1) is 14.3. The van der Waals surface area contributed by atoms with Crippen LogP contribution < -0.4 is 5.32 Å². The molecule has 5 heteroatoms. The first-order valence-corrected chi connectivity index (χ1v) is 6.97. The van der Waals surface area contributed by atoms with Crippen molar-refractivity contribution in [2.24, 2.45) is 0 Å². The van der Waals surface area contributed by atoms with E-state index in [1.807, 2.05) is 12.1 Å². The minimum atomic E-state index is 0.0202. The van der Waals surface area contributed by atoms with Gasteiger partial charge in [-0.05, 0) is 44.8 Å². The van der Waals surface area contributed by atoms with E-state index in [0.29, 0.717) is 11.6 Å². The number of rotatable bonds is 3. The highest BCUT2D eigenvalue weighted by Crippen LogP contribution is 2.14. The summed E-state index contributed by atoms with van der Waals surface area (Å²) in [6.07, 6.45) is 1.11. The maximum absolute atomic E-state index is 12.0. The standard InChI is InChI=1S/C14H20ClN3O/c1-17-6-3-7-18(9-8-17)11-14(19)16-13-5-2-4-12(15)10-13/h2,4-5,10H,3,6-9,11H2,1H3,(H,16,19). The molecule has 104 valence electrons. The molecule has 0 aliphatic carbocycles. The van der Waals surface area contributed by atoms with Gasteiger partial charge >= 0.3 is 0 Å². The molecule has 1 N–H and O–H groups in total. The molecular formula is C14H20ClN3O. The molecule has 0 spiro atoms. The molecule has 1 aliphatic heterocycles. The van der Waals surface area contributed by atoms with Crippen LogP contribution in [0.3, 0.4) is 0 Å². The maximum atomic E-state index is 12.0. The summed E-state index contributed by atoms with van der Waals surface area (Å²) in [5, 5.41) is 3.52. The van der Waals surface area contributed by atoms with Crippen molar-refractivity contribution in [3.63, 3.8) is 0 Å². The van der Waals surface area contributed by atoms with Gasteiger partial charge < -0.3 is 10.2 Å². The van der Waals surface area contributed by atoms with Crippen LogP contribution in [0.4, 0.5) is 5.69 Å². The van der Waals surface area contributed by atoms with E-state index >= 15 is 0 Å². The lowest BCUT2D eigenvalue weighted by Gasteiger charge is -2.19. The molecule has 1 aliphatic rings. The number of carbonyl (C=O) groups is 1. The summed E-state index contributed by atoms with van der Waals surface area (Å²) in [6, 6.07) is 7.23. The Labute approximate surface area is 119 Å². The summed E-state index contributed by atoms with van der Waals surface area (Å²) in [7, 11) is 2.12. The van der Waals surface area contributed by atoms with E-state index in [-0.39, 0.29) is 5.91 Å². The number of anilines is 1. The van der Waals surface area contributed by atoms with Gasteiger partial charge in [0.25, 0.3) is 0 Å². The van der Waals surface area contributed by atoms with E-state index in [2.05, 4.69) is 22.2 Å². The van der Waals surface area contributed by atoms with E-state index < -0.39 is 0 Å². The quantitative estimate of drug-likeness (QED) is 0.919. The zero-order valence-electron chi connectivity index (χ0n) is 11.2. The number of hydrogen-bond donors (Lipinski definition) is 1. The Kier molecular flexibility index (Phi) is 5.19. The van der Waals surface area contributed by atoms with Crippen LogP contribution in [0.25, 0.3) is 0 Å². The van der Waals surface area contributed by atoms with Crippen molar-refractivity contribution >= 4 is 23.2 Å². The molecular weight excluding hydrogens is 262 g/mol. The lowest BCUT2D eigenvalue weighted by Crippen LogP contribution is -2.35. The lowest BCUT2D eigenvalue weighted by molar-refractivity contribution is -0.117. The lowest BCUT2D eigenvalue weighted by atomic mass is 10.3. The summed E-state index contributed by atoms with van der Waals surface area (Å²) in [5.74, 6) is 0.0202. The summed E-state index contributed by atoms with van der Waals surface area (Å²) in [5.41, 5.74) is 0.754. The Morgan fingerprint density at radius 3 is 2.95 bits per heavy atom. The molecule has 0 radical (unpaired) electrons. The predicted molar refractivity (Wildman–Crippen MR) is 78.6 cm³/mol. The highest BCUT2D eigenvalue weighted by molar-refractivity contribution is 6.30. The van der Waals surface area contributed by atoms with Gasteiger partial charge in [-0.3, -0.25) is 9.69 Å². The minimum absolute atomic E-state index is 0.0202. The van der Waals surface area contributed by atoms with Gasteiger partial charge in [0.15, 0.2) is 0 Å². The molecule has 0 aromatic heterocycles. The number of amides is 1. The van der Waals surface area contributed by atoms with Crippen molar-refractivity contribution < 1.29 is 4.79 Å². The van der Waals surface area contributed by atoms with Crippen molar-refractivity contribution in [2.45, 2.75) is 6.42 Å². The molecule has 1 amide bonds. The molecule has 1 heterocycles. The Bertz CT molecular complexity index is 438. The second-order valence-electron chi connectivity index (χ2n) is 4.99. The molecule has 4 nitrogen and oxygen atoms in total. The third-order valence-corrected chi connectivity index (χ3v) is 3.52. The van der Waals surface area contributed by atoms with Gasteiger partial charge in [0.05, 0.1) is 6.54 Å². The van der Waals surface area contributed by atoms with E-state index in [1.54, 1.807) is 12.1 Å². The van der Waals surface area contributed by atoms with Crippen LogP contribution in [0.1, 0.15) is 6.42 Å². The van der Waals surface area contributed by atoms with Crippen LogP contribution in [0, 0.1) is 0 Å². The van der Waals surface area contributed by atoms with Crippen molar-refractivity contribution in [3.05, 3.63) is 29.3 Å². The topological polar surface area (TPSA) is 35.6 Å². The van der Waals surface area contributed by atoms with Gasteiger partial charge in [0.2, 0.25) is 5.91 Å². The second kappa shape index (κ2) is 6.89. The summed E-state index contributed by atoms with van der Waals surface area (Å²) < 4.78 is 0. The van der Waals surface area contributed by atoms with Crippen molar-refractivity contribution in [1.82, 2.24) is 9.80 Å². The Morgan fingerprint density at radius 2 is 2.16 bits per heavy atom. The average Bonchev–Trinajstić information content (AvgIpc) is 2.54. The molecule has 0 unspecified atom stereocenters. The van der Waals surface area contributed by atoms with E-state index in [1.165, 1.54) is 0 Å². The summed E-state index contributed by atoms with van der Waals surface area (Å²) in [6.45, 7) is 4.49. The van der Waals surface area contributed by atoms with Crippen molar-refractivity contribution in [3.8, 4) is 0 Å². The number of likely N-dealkylation sites (N-methyl/N-ethyl adjacent to an activating group) is 1. The second-order valence-corrected chi connectivity index (χ2v) is 5.43. The van der Waals surface area contributed by atoms with Gasteiger partial charge in [-0.25, -0.2) is 0 Å². The number of hydrogen-bond acceptors (Lipinski definition) is 3. The third kappa shape index (κ3) is 4.82. The molecule has 1 saturated heterocycles. The van der Waals surface area contributed by atoms with Crippen LogP contribution in [-0.4, -0.2) is 55.5 Å². The Balaban J connectivity index is 1.84. The molecule has 19 heavy (non-hydrogen) atoms. The summed E-state index contributed by atoms with van der Waals surface area (Å²) in [4.78, 5) is 16.5. The average molecular weight is 282 g/mol. The van der Waals surface area contributed by atoms with Crippen LogP contribution in [0.2, 0.25) is 5.02 Å². The maximum Gasteiger partial charge on any atom is 0.238 e. The number of halogens is 1. The fraction of sp³-hybridized carbons (Fsp3) is 0.500. The highest BCUT2D eigenvalue weighted by Gasteiger charge is 2.15. The van der Waals surface area contributed by atoms with E-state index in [9.17, 15) is 4.79 Å². The fourth-order valence-electron chi connectivity index (χ4n) is 2.23. The Hall–Kier alpha value is -1.10. The first-order chi connectivity index (χ1) is 9.13. The van der Waals surface area contributed by atoms with Gasteiger partial charge in [-0.1, -0.05) is 17.7 Å². The molecule has 1 aromatic rings. The van der Waals surface area contributed by atoms with Crippen LogP contribution >= 0.6 is 11.6 Å². The van der Waals surface area contributed by atoms with Gasteiger partial charge in [-0.2, -0.15) is 0 Å². The SMILES string of the molecule is CN1CCCN(CC(=O)Nc2cccc(Cl)c2)CC1. The molecule has 2 rings (SSSR count). The van der Waals surface area contributed by atoms with Crippen molar-refractivity contribution in [1.29, 1.82) is 0 Å². The van der Waals surface area contributed by atoms with Crippen LogP contribution in [0.15, 0.2) is 24.3 Å². The number of nitrogens with one attached hydrogen (secondary N) is 1. The molecule has 1 fully saturated rings. The number of benzene rings is 1. The molecule has 0 bridgehead atoms. The fourth-order valence-corrected chi connectivity index (χ4v) is 2.42. The minimum Gasteiger partial charge on any atom is -0.325 e. The monoisotopic (exact) mass is 281 g/mol. The first-order valence-electron chi connectivity index (χ1n) is 6.60. The smallest absolute Gasteiger partial charge is 0.238 e. The Morgan fingerprint density at radius 1 is 1.32 bits per heavy atom. The van der Waals surface area contributed by atoms with Crippen molar-refractivity contribution in [2.75, 3.05) is 45.1 Å². The highest BCUT2D eigenvalue weighted by atomic mass is 35.5. The van der Waals surface area contributed by atoms with Gasteiger partial charge in [-0.15, -0.1) is 0 Å². The zero-order chi connectivity index (χ0) is 13.7. The largest absolute Gasteiger partial charge is 0.325 e. The molecule has 1 aromatic carbocycles. The van der Waals surface area contributed by atoms with Gasteiger partial charge in [0, 0.05) is 23.8 Å². The predicted octanol–water partition coefficient (Wildman–Crippen LogP) is 1.92. The molecule has 0 saturated carbocycles. The van der Waals surface area contributed by atoms with Crippen LogP contribution in [0.5, 0.6) is 0 Å². The van der Waals surface area contributed by atoms with Gasteiger partial charge in [0.1, 0.15) is 0 Å². The number of nitrogens with zero attached hydrogens (tertiary/aromatic N) is 2. The van der Waals surface area contributed by atoms with E-state index in [4.69, 9.17) is 11.6 Å². The normalized spacial score (nSPS) is 18.0. The third-order valence-electron chi connectivity index (χ3n) is 3.29. The van der Waals surface area contributed by atoms with E-state index in [0.717, 1.165) is 38.3 Å². The summed E-state index contributed by atoms with van der Waals surface area (Å²) >= 11 is 5.89. The number of carbonyl (C=O) groups excluding carboxylic acids is 1. The zero-order valence-corrected chi connectivity index (χ0v) is 12.0. The van der Waals surface area contributed by atoms with Crippen LogP contribution in [-0.2, 0) is 4.79 Å².